The van der Waals surface area contributed by atoms with Crippen molar-refractivity contribution in [3.05, 3.63) is 58.2 Å². The fourth-order valence-corrected chi connectivity index (χ4v) is 3.26. The molecule has 1 amide bonds. The van der Waals surface area contributed by atoms with Gasteiger partial charge in [0, 0.05) is 23.8 Å². The molecule has 0 saturated heterocycles. The van der Waals surface area contributed by atoms with Gasteiger partial charge >= 0.3 is 0 Å². The molecule has 0 aliphatic rings. The van der Waals surface area contributed by atoms with Crippen LogP contribution in [-0.2, 0) is 4.79 Å². The zero-order valence-corrected chi connectivity index (χ0v) is 15.3. The Balaban J connectivity index is 1.77. The molecule has 1 aromatic heterocycles. The van der Waals surface area contributed by atoms with E-state index in [1.807, 2.05) is 0 Å². The number of amides is 1. The molecule has 1 heterocycles. The summed E-state index contributed by atoms with van der Waals surface area (Å²) in [5.74, 6) is 0.865. The van der Waals surface area contributed by atoms with Crippen molar-refractivity contribution in [2.75, 3.05) is 19.5 Å². The number of fused-ring (bicyclic) bond motifs is 1. The Morgan fingerprint density at radius 2 is 2.04 bits per heavy atom. The molecule has 2 aromatic carbocycles. The normalized spacial score (nSPS) is 10.9. The predicted molar refractivity (Wildman–Crippen MR) is 103 cm³/mol. The zero-order valence-electron chi connectivity index (χ0n) is 14.5. The molecular weight excluding hydrogens is 370 g/mol. The van der Waals surface area contributed by atoms with Crippen LogP contribution in [0.1, 0.15) is 5.56 Å². The minimum absolute atomic E-state index is 0.0194. The monoisotopic (exact) mass is 385 g/mol. The van der Waals surface area contributed by atoms with Crippen molar-refractivity contribution in [3.8, 4) is 11.5 Å². The molecule has 138 valence electrons. The van der Waals surface area contributed by atoms with Crippen LogP contribution in [0.3, 0.4) is 0 Å². The second-order valence-electron chi connectivity index (χ2n) is 5.36. The van der Waals surface area contributed by atoms with Gasteiger partial charge in [-0.2, -0.15) is 0 Å². The van der Waals surface area contributed by atoms with E-state index >= 15 is 0 Å². The quantitative estimate of drug-likeness (QED) is 0.392. The summed E-state index contributed by atoms with van der Waals surface area (Å²) in [5.41, 5.74) is 1.25. The highest BCUT2D eigenvalue weighted by Gasteiger charge is 2.11. The summed E-state index contributed by atoms with van der Waals surface area (Å²) in [7, 11) is 3.10. The maximum atomic E-state index is 12.2. The Kier molecular flexibility index (Phi) is 5.32. The highest BCUT2D eigenvalue weighted by Crippen LogP contribution is 2.29. The number of methoxy groups -OCH3 is 2. The number of nitro groups is 1. The van der Waals surface area contributed by atoms with Crippen molar-refractivity contribution in [2.24, 2.45) is 0 Å². The molecule has 1 N–H and O–H groups in total. The van der Waals surface area contributed by atoms with E-state index in [0.29, 0.717) is 32.4 Å². The molecule has 0 saturated carbocycles. The van der Waals surface area contributed by atoms with Crippen molar-refractivity contribution in [3.63, 3.8) is 0 Å². The van der Waals surface area contributed by atoms with E-state index in [1.54, 1.807) is 44.6 Å². The van der Waals surface area contributed by atoms with E-state index in [9.17, 15) is 14.9 Å². The van der Waals surface area contributed by atoms with Gasteiger partial charge in [0.2, 0.25) is 5.91 Å². The fraction of sp³-hybridized carbons (Fsp3) is 0.111. The molecule has 9 heteroatoms. The number of aromatic nitrogens is 1. The van der Waals surface area contributed by atoms with Crippen LogP contribution in [0.25, 0.3) is 16.3 Å². The van der Waals surface area contributed by atoms with Gasteiger partial charge in [-0.1, -0.05) is 11.3 Å². The van der Waals surface area contributed by atoms with Crippen LogP contribution in [0, 0.1) is 10.1 Å². The number of carbonyl (C=O) groups is 1. The van der Waals surface area contributed by atoms with E-state index in [1.165, 1.54) is 29.5 Å². The SMILES string of the molecule is COc1ccc(OC)c(/C=C/C(=O)Nc2nc3ccc([N+](=O)[O-])cc3s2)c1. The van der Waals surface area contributed by atoms with Crippen LogP contribution in [0.15, 0.2) is 42.5 Å². The third kappa shape index (κ3) is 4.21. The third-order valence-electron chi connectivity index (χ3n) is 3.66. The first-order valence-corrected chi connectivity index (χ1v) is 8.58. The first kappa shape index (κ1) is 18.3. The summed E-state index contributed by atoms with van der Waals surface area (Å²) in [4.78, 5) is 26.8. The average molecular weight is 385 g/mol. The van der Waals surface area contributed by atoms with E-state index in [2.05, 4.69) is 10.3 Å². The molecule has 8 nitrogen and oxygen atoms in total. The summed E-state index contributed by atoms with van der Waals surface area (Å²) in [6, 6.07) is 9.62. The molecule has 0 spiro atoms. The topological polar surface area (TPSA) is 104 Å². The van der Waals surface area contributed by atoms with Crippen LogP contribution in [0.5, 0.6) is 11.5 Å². The predicted octanol–water partition coefficient (Wildman–Crippen LogP) is 3.87. The van der Waals surface area contributed by atoms with Crippen molar-refractivity contribution in [1.29, 1.82) is 0 Å². The van der Waals surface area contributed by atoms with E-state index in [-0.39, 0.29) is 11.6 Å². The van der Waals surface area contributed by atoms with Crippen molar-refractivity contribution < 1.29 is 19.2 Å². The van der Waals surface area contributed by atoms with Gasteiger partial charge in [-0.3, -0.25) is 20.2 Å². The number of nitrogens with one attached hydrogen (secondary N) is 1. The largest absolute Gasteiger partial charge is 0.497 e. The van der Waals surface area contributed by atoms with Gasteiger partial charge < -0.3 is 9.47 Å². The van der Waals surface area contributed by atoms with E-state index in [0.717, 1.165) is 0 Å². The fourth-order valence-electron chi connectivity index (χ4n) is 2.36. The number of nitro benzene ring substituents is 1. The van der Waals surface area contributed by atoms with Crippen LogP contribution in [0.2, 0.25) is 0 Å². The molecule has 3 rings (SSSR count). The van der Waals surface area contributed by atoms with Crippen LogP contribution >= 0.6 is 11.3 Å². The summed E-state index contributed by atoms with van der Waals surface area (Å²) in [6.45, 7) is 0. The number of rotatable bonds is 6. The van der Waals surface area contributed by atoms with Gasteiger partial charge in [-0.05, 0) is 30.3 Å². The minimum atomic E-state index is -0.471. The standard InChI is InChI=1S/C18H15N3O5S/c1-25-13-5-7-15(26-2)11(9-13)3-8-17(22)20-18-19-14-6-4-12(21(23)24)10-16(14)27-18/h3-10H,1-2H3,(H,19,20,22)/b8-3+. The smallest absolute Gasteiger partial charge is 0.270 e. The molecule has 0 aliphatic carbocycles. The van der Waals surface area contributed by atoms with E-state index < -0.39 is 4.92 Å². The van der Waals surface area contributed by atoms with E-state index in [4.69, 9.17) is 9.47 Å². The molecule has 3 aromatic rings. The second-order valence-corrected chi connectivity index (χ2v) is 6.39. The van der Waals surface area contributed by atoms with Gasteiger partial charge in [0.25, 0.3) is 5.69 Å². The highest BCUT2D eigenvalue weighted by molar-refractivity contribution is 7.22. The molecule has 27 heavy (non-hydrogen) atoms. The van der Waals surface area contributed by atoms with Crippen LogP contribution in [0.4, 0.5) is 10.8 Å². The number of benzene rings is 2. The van der Waals surface area contributed by atoms with Gasteiger partial charge in [-0.25, -0.2) is 4.98 Å². The summed E-state index contributed by atoms with van der Waals surface area (Å²) in [5, 5.41) is 13.9. The van der Waals surface area contributed by atoms with Crippen molar-refractivity contribution in [1.82, 2.24) is 4.98 Å². The Morgan fingerprint density at radius 1 is 1.22 bits per heavy atom. The van der Waals surface area contributed by atoms with Gasteiger partial charge in [0.05, 0.1) is 29.4 Å². The number of anilines is 1. The molecule has 0 unspecified atom stereocenters. The van der Waals surface area contributed by atoms with Gasteiger partial charge in [0.1, 0.15) is 11.5 Å². The molecule has 0 aliphatic heterocycles. The number of hydrogen-bond donors (Lipinski definition) is 1. The van der Waals surface area contributed by atoms with Gasteiger partial charge in [-0.15, -0.1) is 0 Å². The lowest BCUT2D eigenvalue weighted by atomic mass is 10.1. The molecule has 0 bridgehead atoms. The Bertz CT molecular complexity index is 1040. The van der Waals surface area contributed by atoms with Crippen LogP contribution < -0.4 is 14.8 Å². The summed E-state index contributed by atoms with van der Waals surface area (Å²) >= 11 is 1.17. The zero-order chi connectivity index (χ0) is 19.4. The minimum Gasteiger partial charge on any atom is -0.497 e. The van der Waals surface area contributed by atoms with Crippen molar-refractivity contribution in [2.45, 2.75) is 0 Å². The molecule has 0 fully saturated rings. The lowest BCUT2D eigenvalue weighted by Gasteiger charge is -2.07. The third-order valence-corrected chi connectivity index (χ3v) is 4.60. The summed E-state index contributed by atoms with van der Waals surface area (Å²) < 4.78 is 11.1. The Hall–Kier alpha value is -3.46. The number of non-ortho nitro benzene ring substituents is 1. The first-order valence-electron chi connectivity index (χ1n) is 7.76. The lowest BCUT2D eigenvalue weighted by Crippen LogP contribution is -2.07. The average Bonchev–Trinajstić information content (AvgIpc) is 3.07. The van der Waals surface area contributed by atoms with Crippen molar-refractivity contribution >= 4 is 44.4 Å². The lowest BCUT2D eigenvalue weighted by molar-refractivity contribution is -0.384. The number of nitrogens with zero attached hydrogens (tertiary/aromatic N) is 2. The molecular formula is C18H15N3O5S. The Morgan fingerprint density at radius 3 is 2.74 bits per heavy atom. The molecule has 0 atom stereocenters. The van der Waals surface area contributed by atoms with Crippen LogP contribution in [-0.4, -0.2) is 30.0 Å². The first-order chi connectivity index (χ1) is 13.0. The maximum absolute atomic E-state index is 12.2. The number of ether oxygens (including phenoxy) is 2. The maximum Gasteiger partial charge on any atom is 0.270 e. The number of carbonyl (C=O) groups excluding carboxylic acids is 1. The number of thiazole rings is 1. The second kappa shape index (κ2) is 7.83. The highest BCUT2D eigenvalue weighted by atomic mass is 32.1. The van der Waals surface area contributed by atoms with Gasteiger partial charge in [0.15, 0.2) is 5.13 Å². The number of hydrogen-bond acceptors (Lipinski definition) is 7. The Labute approximate surface area is 158 Å². The molecule has 0 radical (unpaired) electrons. The summed E-state index contributed by atoms with van der Waals surface area (Å²) in [6.07, 6.45) is 2.96.